The lowest BCUT2D eigenvalue weighted by Crippen LogP contribution is -2.33. The van der Waals surface area contributed by atoms with E-state index in [0.717, 1.165) is 13.0 Å². The number of nitrogens with zero attached hydrogens (tertiary/aromatic N) is 2. The Bertz CT molecular complexity index is 421. The van der Waals surface area contributed by atoms with Crippen LogP contribution < -0.4 is 5.32 Å². The van der Waals surface area contributed by atoms with E-state index in [2.05, 4.69) is 17.2 Å². The fourth-order valence-electron chi connectivity index (χ4n) is 2.27. The molecule has 1 aromatic rings. The van der Waals surface area contributed by atoms with Crippen LogP contribution >= 0.6 is 0 Å². The molecule has 18 heavy (non-hydrogen) atoms. The third-order valence-corrected chi connectivity index (χ3v) is 3.28. The van der Waals surface area contributed by atoms with Gasteiger partial charge in [0, 0.05) is 23.7 Å². The van der Waals surface area contributed by atoms with Gasteiger partial charge in [0.05, 0.1) is 4.92 Å². The van der Waals surface area contributed by atoms with Crippen LogP contribution in [0.1, 0.15) is 44.4 Å². The minimum atomic E-state index is -0.327. The molecule has 1 rings (SSSR count). The number of hydrogen-bond acceptors (Lipinski definition) is 4. The quantitative estimate of drug-likeness (QED) is 0.623. The van der Waals surface area contributed by atoms with Crippen molar-refractivity contribution in [3.8, 4) is 0 Å². The number of likely N-dealkylation sites (N-methyl/N-ethyl adjacent to an activating group) is 1. The molecule has 1 aromatic heterocycles. The molecule has 1 heterocycles. The second-order valence-corrected chi connectivity index (χ2v) is 4.48. The number of nitrogens with one attached hydrogen (secondary N) is 1. The molecule has 5 heteroatoms. The topological polar surface area (TPSA) is 68.1 Å². The van der Waals surface area contributed by atoms with Crippen LogP contribution in [0.25, 0.3) is 0 Å². The molecule has 0 spiro atoms. The SMILES string of the molecule is CCNC(CC)C(C)c1nccc(C)c1[N+](=O)[O-]. The number of pyridine rings is 1. The molecule has 0 bridgehead atoms. The standard InChI is InChI=1S/C13H21N3O2/c1-5-11(14-6-2)10(4)12-13(16(17)18)9(3)7-8-15-12/h7-8,10-11,14H,5-6H2,1-4H3. The van der Waals surface area contributed by atoms with Crippen LogP contribution in [-0.4, -0.2) is 22.5 Å². The highest BCUT2D eigenvalue weighted by atomic mass is 16.6. The van der Waals surface area contributed by atoms with Crippen LogP contribution in [0.3, 0.4) is 0 Å². The van der Waals surface area contributed by atoms with Gasteiger partial charge in [-0.1, -0.05) is 20.8 Å². The zero-order chi connectivity index (χ0) is 13.7. The van der Waals surface area contributed by atoms with Crippen molar-refractivity contribution in [2.45, 2.75) is 46.1 Å². The molecule has 100 valence electrons. The minimum Gasteiger partial charge on any atom is -0.314 e. The number of hydrogen-bond donors (Lipinski definition) is 1. The largest absolute Gasteiger partial charge is 0.314 e. The van der Waals surface area contributed by atoms with E-state index in [1.807, 2.05) is 13.8 Å². The maximum Gasteiger partial charge on any atom is 0.293 e. The van der Waals surface area contributed by atoms with Gasteiger partial charge in [-0.3, -0.25) is 15.1 Å². The first-order valence-electron chi connectivity index (χ1n) is 6.36. The Labute approximate surface area is 108 Å². The van der Waals surface area contributed by atoms with Crippen molar-refractivity contribution >= 4 is 5.69 Å². The Kier molecular flexibility index (Phi) is 5.22. The molecule has 0 aliphatic rings. The van der Waals surface area contributed by atoms with Crippen molar-refractivity contribution in [1.29, 1.82) is 0 Å². The van der Waals surface area contributed by atoms with Gasteiger partial charge in [-0.25, -0.2) is 0 Å². The van der Waals surface area contributed by atoms with E-state index in [4.69, 9.17) is 0 Å². The summed E-state index contributed by atoms with van der Waals surface area (Å²) >= 11 is 0. The third kappa shape index (κ3) is 3.04. The van der Waals surface area contributed by atoms with E-state index < -0.39 is 0 Å². The predicted octanol–water partition coefficient (Wildman–Crippen LogP) is 2.79. The van der Waals surface area contributed by atoms with E-state index in [-0.39, 0.29) is 22.6 Å². The Morgan fingerprint density at radius 3 is 2.67 bits per heavy atom. The molecule has 0 aliphatic heterocycles. The van der Waals surface area contributed by atoms with Crippen molar-refractivity contribution in [2.24, 2.45) is 0 Å². The van der Waals surface area contributed by atoms with Gasteiger partial charge in [0.15, 0.2) is 0 Å². The van der Waals surface area contributed by atoms with Crippen LogP contribution in [-0.2, 0) is 0 Å². The van der Waals surface area contributed by atoms with Gasteiger partial charge in [0.2, 0.25) is 0 Å². The van der Waals surface area contributed by atoms with Crippen LogP contribution in [0.5, 0.6) is 0 Å². The lowest BCUT2D eigenvalue weighted by Gasteiger charge is -2.23. The van der Waals surface area contributed by atoms with Gasteiger partial charge in [-0.15, -0.1) is 0 Å². The average Bonchev–Trinajstić information content (AvgIpc) is 2.34. The summed E-state index contributed by atoms with van der Waals surface area (Å²) in [6, 6.07) is 1.89. The number of rotatable bonds is 6. The molecule has 0 radical (unpaired) electrons. The monoisotopic (exact) mass is 251 g/mol. The van der Waals surface area contributed by atoms with Gasteiger partial charge in [0.25, 0.3) is 5.69 Å². The molecule has 2 unspecified atom stereocenters. The highest BCUT2D eigenvalue weighted by Crippen LogP contribution is 2.30. The van der Waals surface area contributed by atoms with Crippen molar-refractivity contribution in [3.63, 3.8) is 0 Å². The molecule has 1 N–H and O–H groups in total. The van der Waals surface area contributed by atoms with E-state index in [9.17, 15) is 10.1 Å². The summed E-state index contributed by atoms with van der Waals surface area (Å²) in [5.74, 6) is 0.0234. The van der Waals surface area contributed by atoms with Crippen molar-refractivity contribution in [3.05, 3.63) is 33.6 Å². The highest BCUT2D eigenvalue weighted by molar-refractivity contribution is 5.44. The fraction of sp³-hybridized carbons (Fsp3) is 0.615. The van der Waals surface area contributed by atoms with Crippen LogP contribution in [0.15, 0.2) is 12.3 Å². The molecule has 0 amide bonds. The van der Waals surface area contributed by atoms with E-state index in [1.165, 1.54) is 0 Å². The first-order valence-corrected chi connectivity index (χ1v) is 6.36. The maximum absolute atomic E-state index is 11.2. The molecular weight excluding hydrogens is 230 g/mol. The summed E-state index contributed by atoms with van der Waals surface area (Å²) in [7, 11) is 0. The maximum atomic E-state index is 11.2. The van der Waals surface area contributed by atoms with E-state index in [1.54, 1.807) is 19.2 Å². The summed E-state index contributed by atoms with van der Waals surface area (Å²) in [4.78, 5) is 15.1. The molecule has 2 atom stereocenters. The van der Waals surface area contributed by atoms with Gasteiger partial charge in [0.1, 0.15) is 5.69 Å². The molecule has 0 fully saturated rings. The Morgan fingerprint density at radius 2 is 2.17 bits per heavy atom. The van der Waals surface area contributed by atoms with Crippen molar-refractivity contribution < 1.29 is 4.92 Å². The Morgan fingerprint density at radius 1 is 1.50 bits per heavy atom. The minimum absolute atomic E-state index is 0.0234. The summed E-state index contributed by atoms with van der Waals surface area (Å²) in [5, 5.41) is 14.5. The zero-order valence-electron chi connectivity index (χ0n) is 11.4. The molecule has 0 saturated heterocycles. The van der Waals surface area contributed by atoms with Gasteiger partial charge in [-0.05, 0) is 26.0 Å². The van der Waals surface area contributed by atoms with Crippen LogP contribution in [0.4, 0.5) is 5.69 Å². The van der Waals surface area contributed by atoms with Gasteiger partial charge >= 0.3 is 0 Å². The molecule has 0 saturated carbocycles. The summed E-state index contributed by atoms with van der Waals surface area (Å²) in [6.07, 6.45) is 2.56. The van der Waals surface area contributed by atoms with Crippen molar-refractivity contribution in [2.75, 3.05) is 6.54 Å². The summed E-state index contributed by atoms with van der Waals surface area (Å²) in [5.41, 5.74) is 1.40. The molecule has 0 aromatic carbocycles. The number of aryl methyl sites for hydroxylation is 1. The lowest BCUT2D eigenvalue weighted by atomic mass is 9.93. The smallest absolute Gasteiger partial charge is 0.293 e. The molecule has 5 nitrogen and oxygen atoms in total. The predicted molar refractivity (Wildman–Crippen MR) is 71.8 cm³/mol. The lowest BCUT2D eigenvalue weighted by molar-refractivity contribution is -0.386. The third-order valence-electron chi connectivity index (χ3n) is 3.28. The van der Waals surface area contributed by atoms with Gasteiger partial charge in [-0.2, -0.15) is 0 Å². The fourth-order valence-corrected chi connectivity index (χ4v) is 2.27. The first kappa shape index (κ1) is 14.6. The summed E-state index contributed by atoms with van der Waals surface area (Å²) in [6.45, 7) is 8.71. The Balaban J connectivity index is 3.15. The Hall–Kier alpha value is -1.49. The second-order valence-electron chi connectivity index (χ2n) is 4.48. The van der Waals surface area contributed by atoms with Gasteiger partial charge < -0.3 is 5.32 Å². The van der Waals surface area contributed by atoms with Crippen LogP contribution in [0, 0.1) is 17.0 Å². The second kappa shape index (κ2) is 6.44. The first-order chi connectivity index (χ1) is 8.52. The normalized spacial score (nSPS) is 14.2. The van der Waals surface area contributed by atoms with E-state index >= 15 is 0 Å². The van der Waals surface area contributed by atoms with E-state index in [0.29, 0.717) is 11.3 Å². The summed E-state index contributed by atoms with van der Waals surface area (Å²) < 4.78 is 0. The highest BCUT2D eigenvalue weighted by Gasteiger charge is 2.27. The van der Waals surface area contributed by atoms with Crippen LogP contribution in [0.2, 0.25) is 0 Å². The molecule has 0 aliphatic carbocycles. The zero-order valence-corrected chi connectivity index (χ0v) is 11.4. The molecular formula is C13H21N3O2. The number of nitro groups is 1. The average molecular weight is 251 g/mol. The number of aromatic nitrogens is 1. The van der Waals surface area contributed by atoms with Crippen molar-refractivity contribution in [1.82, 2.24) is 10.3 Å².